The van der Waals surface area contributed by atoms with Crippen molar-refractivity contribution in [1.82, 2.24) is 0 Å². The summed E-state index contributed by atoms with van der Waals surface area (Å²) in [5.74, 6) is 0.657. The van der Waals surface area contributed by atoms with E-state index in [1.54, 1.807) is 18.2 Å². The van der Waals surface area contributed by atoms with Crippen molar-refractivity contribution >= 4 is 49.1 Å². The van der Waals surface area contributed by atoms with E-state index >= 15 is 0 Å². The summed E-state index contributed by atoms with van der Waals surface area (Å²) in [6.45, 7) is 0. The van der Waals surface area contributed by atoms with E-state index in [1.807, 2.05) is 6.07 Å². The van der Waals surface area contributed by atoms with Crippen LogP contribution >= 0.6 is 43.5 Å². The van der Waals surface area contributed by atoms with E-state index in [-0.39, 0.29) is 11.4 Å². The fraction of sp³-hybridized carbons (Fsp3) is 0.0769. The molecule has 2 rings (SSSR count). The van der Waals surface area contributed by atoms with Crippen molar-refractivity contribution in [3.63, 3.8) is 0 Å². The number of rotatable bonds is 4. The topological polar surface area (TPSA) is 52.4 Å². The summed E-state index contributed by atoms with van der Waals surface area (Å²) in [6, 6.07) is 9.67. The van der Waals surface area contributed by atoms with Gasteiger partial charge in [-0.3, -0.25) is 10.1 Å². The highest BCUT2D eigenvalue weighted by molar-refractivity contribution is 9.10. The SMILES string of the molecule is O=[N+]([O-])c1cc(Cl)ccc1Oc1ccc(CBr)c(Br)c1. The number of benzene rings is 2. The lowest BCUT2D eigenvalue weighted by Gasteiger charge is -2.08. The van der Waals surface area contributed by atoms with Crippen LogP contribution in [0.25, 0.3) is 0 Å². The van der Waals surface area contributed by atoms with Gasteiger partial charge in [-0.1, -0.05) is 49.5 Å². The largest absolute Gasteiger partial charge is 0.450 e. The Morgan fingerprint density at radius 3 is 2.60 bits per heavy atom. The quantitative estimate of drug-likeness (QED) is 0.362. The van der Waals surface area contributed by atoms with Gasteiger partial charge in [-0.25, -0.2) is 0 Å². The molecule has 4 nitrogen and oxygen atoms in total. The zero-order chi connectivity index (χ0) is 14.7. The van der Waals surface area contributed by atoms with E-state index in [2.05, 4.69) is 31.9 Å². The van der Waals surface area contributed by atoms with Gasteiger partial charge in [0.05, 0.1) is 4.92 Å². The molecule has 0 fully saturated rings. The fourth-order valence-electron chi connectivity index (χ4n) is 1.55. The molecule has 2 aromatic rings. The number of ether oxygens (including phenoxy) is 1. The Bertz CT molecular complexity index is 664. The van der Waals surface area contributed by atoms with Crippen molar-refractivity contribution in [2.45, 2.75) is 5.33 Å². The molecule has 7 heteroatoms. The Morgan fingerprint density at radius 2 is 2.00 bits per heavy atom. The van der Waals surface area contributed by atoms with Crippen LogP contribution in [0.1, 0.15) is 5.56 Å². The lowest BCUT2D eigenvalue weighted by atomic mass is 10.2. The van der Waals surface area contributed by atoms with Crippen LogP contribution in [0, 0.1) is 10.1 Å². The predicted molar refractivity (Wildman–Crippen MR) is 85.0 cm³/mol. The Hall–Kier alpha value is -1.11. The predicted octanol–water partition coefficient (Wildman–Crippen LogP) is 5.70. The summed E-state index contributed by atoms with van der Waals surface area (Å²) in [7, 11) is 0. The highest BCUT2D eigenvalue weighted by atomic mass is 79.9. The first-order chi connectivity index (χ1) is 9.51. The van der Waals surface area contributed by atoms with Crippen LogP contribution in [0.4, 0.5) is 5.69 Å². The van der Waals surface area contributed by atoms with E-state index < -0.39 is 4.92 Å². The highest BCUT2D eigenvalue weighted by Gasteiger charge is 2.16. The molecule has 0 bridgehead atoms. The molecule has 0 amide bonds. The molecule has 0 aliphatic heterocycles. The van der Waals surface area contributed by atoms with E-state index in [0.717, 1.165) is 10.0 Å². The molecule has 104 valence electrons. The first kappa shape index (κ1) is 15.3. The zero-order valence-corrected chi connectivity index (χ0v) is 13.9. The van der Waals surface area contributed by atoms with Crippen LogP contribution in [-0.4, -0.2) is 4.92 Å². The summed E-state index contributed by atoms with van der Waals surface area (Å²) in [4.78, 5) is 10.5. The maximum Gasteiger partial charge on any atom is 0.313 e. The van der Waals surface area contributed by atoms with E-state index in [9.17, 15) is 10.1 Å². The summed E-state index contributed by atoms with van der Waals surface area (Å²) < 4.78 is 6.42. The minimum Gasteiger partial charge on any atom is -0.450 e. The van der Waals surface area contributed by atoms with Crippen molar-refractivity contribution in [3.05, 3.63) is 61.6 Å². The molecule has 0 heterocycles. The molecular formula is C13H8Br2ClNO3. The molecular weight excluding hydrogens is 413 g/mol. The molecule has 0 atom stereocenters. The molecule has 0 aromatic heterocycles. The second-order valence-electron chi connectivity index (χ2n) is 3.86. The average molecular weight is 421 g/mol. The van der Waals surface area contributed by atoms with Crippen LogP contribution in [0.15, 0.2) is 40.9 Å². The van der Waals surface area contributed by atoms with Gasteiger partial charge in [0, 0.05) is 20.9 Å². The monoisotopic (exact) mass is 419 g/mol. The van der Waals surface area contributed by atoms with Gasteiger partial charge in [0.1, 0.15) is 5.75 Å². The molecule has 0 unspecified atom stereocenters. The summed E-state index contributed by atoms with van der Waals surface area (Å²) in [6.07, 6.45) is 0. The second kappa shape index (κ2) is 6.56. The van der Waals surface area contributed by atoms with E-state index in [1.165, 1.54) is 12.1 Å². The van der Waals surface area contributed by atoms with Crippen molar-refractivity contribution in [2.75, 3.05) is 0 Å². The fourth-order valence-corrected chi connectivity index (χ4v) is 3.08. The summed E-state index contributed by atoms with van der Waals surface area (Å²) >= 11 is 12.5. The molecule has 0 aliphatic carbocycles. The van der Waals surface area contributed by atoms with Crippen LogP contribution in [0.2, 0.25) is 5.02 Å². The van der Waals surface area contributed by atoms with Crippen LogP contribution in [-0.2, 0) is 5.33 Å². The van der Waals surface area contributed by atoms with Crippen LogP contribution in [0.3, 0.4) is 0 Å². The lowest BCUT2D eigenvalue weighted by Crippen LogP contribution is -1.94. The van der Waals surface area contributed by atoms with Gasteiger partial charge >= 0.3 is 5.69 Å². The third kappa shape index (κ3) is 3.50. The minimum absolute atomic E-state index is 0.151. The number of nitro groups is 1. The summed E-state index contributed by atoms with van der Waals surface area (Å²) in [5, 5.41) is 12.0. The molecule has 0 saturated carbocycles. The van der Waals surface area contributed by atoms with Crippen molar-refractivity contribution in [2.24, 2.45) is 0 Å². The van der Waals surface area contributed by atoms with E-state index in [0.29, 0.717) is 16.1 Å². The molecule has 2 aromatic carbocycles. The van der Waals surface area contributed by atoms with Gasteiger partial charge in [0.25, 0.3) is 0 Å². The minimum atomic E-state index is -0.525. The van der Waals surface area contributed by atoms with Gasteiger partial charge in [-0.15, -0.1) is 0 Å². The third-order valence-corrected chi connectivity index (χ3v) is 4.09. The number of alkyl halides is 1. The average Bonchev–Trinajstić information content (AvgIpc) is 2.41. The third-order valence-electron chi connectivity index (χ3n) is 2.51. The normalized spacial score (nSPS) is 10.3. The lowest BCUT2D eigenvalue weighted by molar-refractivity contribution is -0.385. The van der Waals surface area contributed by atoms with Gasteiger partial charge in [-0.05, 0) is 29.8 Å². The van der Waals surface area contributed by atoms with Crippen molar-refractivity contribution in [1.29, 1.82) is 0 Å². The molecule has 0 spiro atoms. The number of halogens is 3. The Labute approximate surface area is 137 Å². The highest BCUT2D eigenvalue weighted by Crippen LogP contribution is 2.35. The first-order valence-corrected chi connectivity index (χ1v) is 7.76. The number of nitro benzene ring substituents is 1. The van der Waals surface area contributed by atoms with Gasteiger partial charge < -0.3 is 4.74 Å². The second-order valence-corrected chi connectivity index (χ2v) is 5.71. The number of hydrogen-bond donors (Lipinski definition) is 0. The molecule has 0 aliphatic rings. The van der Waals surface area contributed by atoms with Crippen LogP contribution < -0.4 is 4.74 Å². The van der Waals surface area contributed by atoms with Crippen LogP contribution in [0.5, 0.6) is 11.5 Å². The van der Waals surface area contributed by atoms with Gasteiger partial charge in [0.2, 0.25) is 5.75 Å². The smallest absolute Gasteiger partial charge is 0.313 e. The number of nitrogens with zero attached hydrogens (tertiary/aromatic N) is 1. The maximum atomic E-state index is 11.0. The van der Waals surface area contributed by atoms with Crippen molar-refractivity contribution < 1.29 is 9.66 Å². The zero-order valence-electron chi connectivity index (χ0n) is 9.98. The Kier molecular flexibility index (Phi) is 5.01. The molecule has 20 heavy (non-hydrogen) atoms. The van der Waals surface area contributed by atoms with Gasteiger partial charge in [-0.2, -0.15) is 0 Å². The molecule has 0 radical (unpaired) electrons. The Morgan fingerprint density at radius 1 is 1.25 bits per heavy atom. The Balaban J connectivity index is 2.35. The maximum absolute atomic E-state index is 11.0. The van der Waals surface area contributed by atoms with E-state index in [4.69, 9.17) is 16.3 Å². The first-order valence-electron chi connectivity index (χ1n) is 5.47. The van der Waals surface area contributed by atoms with Crippen molar-refractivity contribution in [3.8, 4) is 11.5 Å². The molecule has 0 N–H and O–H groups in total. The standard InChI is InChI=1S/C13H8Br2ClNO3/c14-7-8-1-3-10(6-11(8)15)20-13-4-2-9(16)5-12(13)17(18)19/h1-6H,7H2. The number of hydrogen-bond acceptors (Lipinski definition) is 3. The molecule has 0 saturated heterocycles. The van der Waals surface area contributed by atoms with Gasteiger partial charge in [0.15, 0.2) is 0 Å². The summed E-state index contributed by atoms with van der Waals surface area (Å²) in [5.41, 5.74) is 0.890.